The molecule has 232 valence electrons. The Morgan fingerprint density at radius 1 is 1.07 bits per heavy atom. The molecule has 0 amide bonds. The molecular weight excluding hydrogens is 615 g/mol. The number of rotatable bonds is 8. The summed E-state index contributed by atoms with van der Waals surface area (Å²) in [5.41, 5.74) is 4.65. The second-order valence-electron chi connectivity index (χ2n) is 10.9. The van der Waals surface area contributed by atoms with E-state index in [1.54, 1.807) is 20.4 Å². The molecule has 12 heteroatoms. The molecule has 45 heavy (non-hydrogen) atoms. The number of aryl methyl sites for hydroxylation is 2. The topological polar surface area (TPSA) is 123 Å². The third-order valence-corrected chi connectivity index (χ3v) is 8.70. The van der Waals surface area contributed by atoms with E-state index in [1.165, 1.54) is 4.68 Å². The Morgan fingerprint density at radius 2 is 1.82 bits per heavy atom. The summed E-state index contributed by atoms with van der Waals surface area (Å²) in [6.07, 6.45) is 1.81. The first-order valence-corrected chi connectivity index (χ1v) is 15.2. The van der Waals surface area contributed by atoms with Crippen LogP contribution in [0.4, 0.5) is 11.5 Å². The van der Waals surface area contributed by atoms with E-state index < -0.39 is 6.10 Å². The zero-order valence-corrected chi connectivity index (χ0v) is 26.5. The minimum atomic E-state index is -0.559. The van der Waals surface area contributed by atoms with Gasteiger partial charge in [-0.15, -0.1) is 0 Å². The van der Waals surface area contributed by atoms with Crippen molar-refractivity contribution in [1.29, 1.82) is 0 Å². The van der Waals surface area contributed by atoms with Gasteiger partial charge < -0.3 is 25.2 Å². The number of fused-ring (bicyclic) bond motifs is 1. The molecule has 1 aliphatic rings. The van der Waals surface area contributed by atoms with E-state index in [4.69, 9.17) is 37.7 Å². The molecule has 1 aliphatic heterocycles. The van der Waals surface area contributed by atoms with Crippen molar-refractivity contribution < 1.29 is 14.6 Å². The van der Waals surface area contributed by atoms with E-state index in [1.807, 2.05) is 61.5 Å². The number of hydrogen-bond donors (Lipinski definition) is 3. The Labute approximate surface area is 270 Å². The molecule has 5 aromatic rings. The van der Waals surface area contributed by atoms with Gasteiger partial charge in [0.1, 0.15) is 5.82 Å². The van der Waals surface area contributed by atoms with Crippen LogP contribution in [0.25, 0.3) is 33.2 Å². The number of halogens is 2. The lowest BCUT2D eigenvalue weighted by atomic mass is 10.00. The third-order valence-electron chi connectivity index (χ3n) is 7.89. The number of nitrogens with zero attached hydrogens (tertiary/aromatic N) is 4. The summed E-state index contributed by atoms with van der Waals surface area (Å²) in [4.78, 5) is 22.3. The number of hydrogen-bond acceptors (Lipinski definition) is 9. The van der Waals surface area contributed by atoms with Crippen molar-refractivity contribution in [2.75, 3.05) is 25.6 Å². The van der Waals surface area contributed by atoms with Crippen molar-refractivity contribution in [2.45, 2.75) is 32.0 Å². The molecule has 0 aliphatic carbocycles. The van der Waals surface area contributed by atoms with Gasteiger partial charge in [0, 0.05) is 59.6 Å². The van der Waals surface area contributed by atoms with Crippen LogP contribution in [0.2, 0.25) is 10.0 Å². The summed E-state index contributed by atoms with van der Waals surface area (Å²) in [5, 5.41) is 23.0. The number of methoxy groups -OCH3 is 1. The van der Waals surface area contributed by atoms with Crippen LogP contribution in [0, 0.1) is 6.92 Å². The van der Waals surface area contributed by atoms with Crippen LogP contribution >= 0.6 is 23.2 Å². The second kappa shape index (κ2) is 13.1. The van der Waals surface area contributed by atoms with Crippen molar-refractivity contribution in [1.82, 2.24) is 25.1 Å². The number of aliphatic hydroxyl groups is 1. The van der Waals surface area contributed by atoms with Gasteiger partial charge in [-0.05, 0) is 31.5 Å². The Balaban J connectivity index is 1.32. The summed E-state index contributed by atoms with van der Waals surface area (Å²) in [7, 11) is 3.18. The number of ether oxygens (including phenoxy) is 2. The first kappa shape index (κ1) is 30.9. The summed E-state index contributed by atoms with van der Waals surface area (Å²) >= 11 is 14.0. The highest BCUT2D eigenvalue weighted by atomic mass is 35.5. The Bertz CT molecular complexity index is 1950. The van der Waals surface area contributed by atoms with Crippen LogP contribution in [-0.4, -0.2) is 57.3 Å². The van der Waals surface area contributed by atoms with Crippen LogP contribution < -0.4 is 20.9 Å². The maximum absolute atomic E-state index is 13.0. The average molecular weight is 648 g/mol. The number of nitrogens with one attached hydrogen (secondary N) is 2. The number of aromatic nitrogens is 4. The number of anilines is 2. The van der Waals surface area contributed by atoms with Crippen molar-refractivity contribution in [3.63, 3.8) is 0 Å². The normalized spacial score (nSPS) is 16.6. The van der Waals surface area contributed by atoms with Crippen LogP contribution in [0.1, 0.15) is 17.7 Å². The SMILES string of the molecule is COc1nc(-c2cccc(-c3cccc(Nc4nc(C)cc5cnn(C)c(=O)c45)c3Cl)c2Cl)ccc1CNC1CCOCC1O. The van der Waals surface area contributed by atoms with Crippen LogP contribution in [0.15, 0.2) is 65.6 Å². The molecule has 1 saturated heterocycles. The van der Waals surface area contributed by atoms with Crippen molar-refractivity contribution in [3.8, 4) is 28.3 Å². The largest absolute Gasteiger partial charge is 0.481 e. The first-order valence-electron chi connectivity index (χ1n) is 14.5. The smallest absolute Gasteiger partial charge is 0.278 e. The molecule has 2 aromatic carbocycles. The fourth-order valence-electron chi connectivity index (χ4n) is 5.51. The Kier molecular flexibility index (Phi) is 9.02. The molecule has 3 N–H and O–H groups in total. The molecular formula is C33H32Cl2N6O4. The summed E-state index contributed by atoms with van der Waals surface area (Å²) in [6, 6.07) is 16.9. The zero-order chi connectivity index (χ0) is 31.7. The fraction of sp³-hybridized carbons (Fsp3) is 0.273. The Hall–Kier alpha value is -4.06. The number of aliphatic hydroxyl groups excluding tert-OH is 1. The average Bonchev–Trinajstić information content (AvgIpc) is 3.03. The van der Waals surface area contributed by atoms with Gasteiger partial charge in [0.25, 0.3) is 5.56 Å². The molecule has 10 nitrogen and oxygen atoms in total. The molecule has 0 radical (unpaired) electrons. The fourth-order valence-corrected chi connectivity index (χ4v) is 6.11. The van der Waals surface area contributed by atoms with E-state index >= 15 is 0 Å². The summed E-state index contributed by atoms with van der Waals surface area (Å²) < 4.78 is 12.2. The minimum Gasteiger partial charge on any atom is -0.481 e. The molecule has 3 aromatic heterocycles. The van der Waals surface area contributed by atoms with Crippen LogP contribution in [-0.2, 0) is 18.3 Å². The second-order valence-corrected chi connectivity index (χ2v) is 11.6. The first-order chi connectivity index (χ1) is 21.7. The lowest BCUT2D eigenvalue weighted by molar-refractivity contribution is -0.0281. The lowest BCUT2D eigenvalue weighted by Gasteiger charge is -2.28. The van der Waals surface area contributed by atoms with Crippen molar-refractivity contribution in [2.24, 2.45) is 7.05 Å². The molecule has 0 bridgehead atoms. The van der Waals surface area contributed by atoms with E-state index in [0.717, 1.165) is 17.7 Å². The minimum absolute atomic E-state index is 0.0629. The van der Waals surface area contributed by atoms with Gasteiger partial charge in [-0.25, -0.2) is 14.6 Å². The molecule has 2 unspecified atom stereocenters. The van der Waals surface area contributed by atoms with Gasteiger partial charge in [-0.3, -0.25) is 4.79 Å². The maximum Gasteiger partial charge on any atom is 0.278 e. The third kappa shape index (κ3) is 6.25. The molecule has 1 fully saturated rings. The van der Waals surface area contributed by atoms with Gasteiger partial charge in [0.2, 0.25) is 5.88 Å². The van der Waals surface area contributed by atoms with E-state index in [-0.39, 0.29) is 11.6 Å². The van der Waals surface area contributed by atoms with E-state index in [0.29, 0.717) is 80.3 Å². The predicted octanol–water partition coefficient (Wildman–Crippen LogP) is 5.66. The summed E-state index contributed by atoms with van der Waals surface area (Å²) in [5.74, 6) is 0.857. The van der Waals surface area contributed by atoms with E-state index in [9.17, 15) is 9.90 Å². The maximum atomic E-state index is 13.0. The van der Waals surface area contributed by atoms with Gasteiger partial charge >= 0.3 is 0 Å². The molecule has 4 heterocycles. The standard InChI is InChI=1S/C33H32Cl2N6O4/c1-18-14-20-16-37-41(2)33(43)28(20)31(38-18)39-26-9-5-7-22(30(26)35)21-6-4-8-23(29(21)34)24-11-10-19(32(40-24)44-3)15-36-25-12-13-45-17-27(25)42/h4-11,14,16,25,27,36,42H,12-13,15,17H2,1-3H3,(H,38,39). The number of pyridine rings is 2. The van der Waals surface area contributed by atoms with Crippen molar-refractivity contribution >= 4 is 45.5 Å². The monoisotopic (exact) mass is 646 g/mol. The van der Waals surface area contributed by atoms with Gasteiger partial charge in [-0.2, -0.15) is 5.10 Å². The van der Waals surface area contributed by atoms with Gasteiger partial charge in [-0.1, -0.05) is 59.6 Å². The lowest BCUT2D eigenvalue weighted by Crippen LogP contribution is -2.46. The van der Waals surface area contributed by atoms with E-state index in [2.05, 4.69) is 20.7 Å². The highest BCUT2D eigenvalue weighted by molar-refractivity contribution is 6.39. The van der Waals surface area contributed by atoms with Crippen molar-refractivity contribution in [3.05, 3.63) is 92.5 Å². The molecule has 0 saturated carbocycles. The zero-order valence-electron chi connectivity index (χ0n) is 25.0. The highest BCUT2D eigenvalue weighted by Crippen LogP contribution is 2.42. The number of benzene rings is 2. The Morgan fingerprint density at radius 3 is 2.60 bits per heavy atom. The predicted molar refractivity (Wildman–Crippen MR) is 177 cm³/mol. The molecule has 0 spiro atoms. The highest BCUT2D eigenvalue weighted by Gasteiger charge is 2.24. The summed E-state index contributed by atoms with van der Waals surface area (Å²) in [6.45, 7) is 3.27. The van der Waals surface area contributed by atoms with Crippen LogP contribution in [0.3, 0.4) is 0 Å². The van der Waals surface area contributed by atoms with Gasteiger partial charge in [0.05, 0.1) is 52.8 Å². The molecule has 6 rings (SSSR count). The molecule has 2 atom stereocenters. The van der Waals surface area contributed by atoms with Gasteiger partial charge in [0.15, 0.2) is 0 Å². The van der Waals surface area contributed by atoms with Crippen LogP contribution in [0.5, 0.6) is 5.88 Å². The quantitative estimate of drug-likeness (QED) is 0.196.